The quantitative estimate of drug-likeness (QED) is 0.816. The minimum atomic E-state index is 0.104. The Morgan fingerprint density at radius 1 is 1.28 bits per heavy atom. The first kappa shape index (κ1) is 13.9. The number of carbonyl (C=O) groups excluding carboxylic acids is 1. The number of unbranched alkanes of at least 4 members (excludes halogenated alkanes) is 1. The highest BCUT2D eigenvalue weighted by Crippen LogP contribution is 2.29. The molecule has 1 heterocycles. The summed E-state index contributed by atoms with van der Waals surface area (Å²) in [5.74, 6) is 1.99. The maximum absolute atomic E-state index is 12.2. The highest BCUT2D eigenvalue weighted by Gasteiger charge is 2.32. The molecular weight excluding hydrogens is 224 g/mol. The molecule has 1 aliphatic carbocycles. The minimum absolute atomic E-state index is 0.104. The maximum Gasteiger partial charge on any atom is 0.240 e. The third kappa shape index (κ3) is 3.47. The van der Waals surface area contributed by atoms with E-state index < -0.39 is 0 Å². The van der Waals surface area contributed by atoms with Gasteiger partial charge in [0.2, 0.25) is 5.91 Å². The van der Waals surface area contributed by atoms with Gasteiger partial charge in [-0.25, -0.2) is 0 Å². The van der Waals surface area contributed by atoms with Crippen LogP contribution in [0.2, 0.25) is 0 Å². The van der Waals surface area contributed by atoms with Crippen molar-refractivity contribution in [3.63, 3.8) is 0 Å². The summed E-state index contributed by atoms with van der Waals surface area (Å²) in [5.41, 5.74) is 0. The second kappa shape index (κ2) is 6.55. The summed E-state index contributed by atoms with van der Waals surface area (Å²) in [4.78, 5) is 14.3. The van der Waals surface area contributed by atoms with Gasteiger partial charge in [0, 0.05) is 6.54 Å². The van der Waals surface area contributed by atoms with Gasteiger partial charge in [-0.05, 0) is 31.1 Å². The smallest absolute Gasteiger partial charge is 0.240 e. The molecule has 1 aliphatic heterocycles. The zero-order valence-electron chi connectivity index (χ0n) is 12.0. The van der Waals surface area contributed by atoms with Crippen molar-refractivity contribution < 1.29 is 4.79 Å². The molecular formula is C15H28N2O. The largest absolute Gasteiger partial charge is 0.328 e. The molecule has 1 atom stereocenters. The number of rotatable bonds is 5. The van der Waals surface area contributed by atoms with E-state index in [2.05, 4.69) is 24.1 Å². The van der Waals surface area contributed by atoms with Crippen LogP contribution in [0, 0.1) is 11.8 Å². The van der Waals surface area contributed by atoms with E-state index >= 15 is 0 Å². The summed E-state index contributed by atoms with van der Waals surface area (Å²) >= 11 is 0. The zero-order valence-corrected chi connectivity index (χ0v) is 12.0. The number of amides is 1. The fourth-order valence-electron chi connectivity index (χ4n) is 3.22. The number of nitrogens with one attached hydrogen (secondary N) is 1. The van der Waals surface area contributed by atoms with Crippen molar-refractivity contribution in [3.05, 3.63) is 0 Å². The van der Waals surface area contributed by atoms with Gasteiger partial charge in [0.1, 0.15) is 0 Å². The fraction of sp³-hybridized carbons (Fsp3) is 0.933. The molecule has 1 amide bonds. The molecule has 0 aromatic carbocycles. The lowest BCUT2D eigenvalue weighted by Gasteiger charge is -2.29. The highest BCUT2D eigenvalue weighted by molar-refractivity contribution is 5.83. The van der Waals surface area contributed by atoms with Crippen LogP contribution in [0.3, 0.4) is 0 Å². The predicted molar refractivity (Wildman–Crippen MR) is 74.2 cm³/mol. The topological polar surface area (TPSA) is 32.3 Å². The molecule has 0 bridgehead atoms. The van der Waals surface area contributed by atoms with Gasteiger partial charge in [0.25, 0.3) is 0 Å². The number of hydrogen-bond acceptors (Lipinski definition) is 2. The molecule has 18 heavy (non-hydrogen) atoms. The molecule has 3 nitrogen and oxygen atoms in total. The average Bonchev–Trinajstić information content (AvgIpc) is 2.71. The van der Waals surface area contributed by atoms with Crippen molar-refractivity contribution in [2.24, 2.45) is 11.8 Å². The molecule has 0 radical (unpaired) electrons. The van der Waals surface area contributed by atoms with Crippen LogP contribution in [0.15, 0.2) is 0 Å². The molecule has 3 heteroatoms. The van der Waals surface area contributed by atoms with Gasteiger partial charge in [-0.2, -0.15) is 0 Å². The summed E-state index contributed by atoms with van der Waals surface area (Å²) < 4.78 is 0. The molecule has 1 saturated heterocycles. The van der Waals surface area contributed by atoms with Crippen molar-refractivity contribution in [3.8, 4) is 0 Å². The third-order valence-corrected chi connectivity index (χ3v) is 4.60. The van der Waals surface area contributed by atoms with Gasteiger partial charge in [-0.1, -0.05) is 39.5 Å². The molecule has 1 saturated carbocycles. The van der Waals surface area contributed by atoms with Crippen LogP contribution in [0.1, 0.15) is 58.8 Å². The van der Waals surface area contributed by atoms with E-state index in [9.17, 15) is 4.79 Å². The van der Waals surface area contributed by atoms with Gasteiger partial charge in [0.15, 0.2) is 0 Å². The van der Waals surface area contributed by atoms with Gasteiger partial charge in [-0.3, -0.25) is 10.1 Å². The lowest BCUT2D eigenvalue weighted by molar-refractivity contribution is -0.129. The van der Waals surface area contributed by atoms with Crippen molar-refractivity contribution in [1.82, 2.24) is 10.2 Å². The van der Waals surface area contributed by atoms with E-state index in [0.717, 1.165) is 37.9 Å². The van der Waals surface area contributed by atoms with E-state index in [1.165, 1.54) is 32.1 Å². The summed E-state index contributed by atoms with van der Waals surface area (Å²) in [5, 5.41) is 3.37. The first-order chi connectivity index (χ1) is 8.70. The molecule has 2 rings (SSSR count). The fourth-order valence-corrected chi connectivity index (χ4v) is 3.22. The summed E-state index contributed by atoms with van der Waals surface area (Å²) in [6.07, 6.45) is 8.64. The molecule has 2 fully saturated rings. The Bertz CT molecular complexity index is 272. The summed E-state index contributed by atoms with van der Waals surface area (Å²) in [7, 11) is 0. The Balaban J connectivity index is 1.75. The van der Waals surface area contributed by atoms with Gasteiger partial charge >= 0.3 is 0 Å². The second-order valence-corrected chi connectivity index (χ2v) is 6.24. The zero-order chi connectivity index (χ0) is 13.0. The minimum Gasteiger partial charge on any atom is -0.328 e. The molecule has 2 aliphatic rings. The Hall–Kier alpha value is -0.570. The second-order valence-electron chi connectivity index (χ2n) is 6.24. The molecule has 0 spiro atoms. The number of carbonyl (C=O) groups is 1. The van der Waals surface area contributed by atoms with E-state index in [1.807, 2.05) is 0 Å². The average molecular weight is 252 g/mol. The van der Waals surface area contributed by atoms with Crippen LogP contribution in [0.4, 0.5) is 0 Å². The number of hydrogen-bond donors (Lipinski definition) is 1. The van der Waals surface area contributed by atoms with E-state index in [1.54, 1.807) is 0 Å². The third-order valence-electron chi connectivity index (χ3n) is 4.60. The van der Waals surface area contributed by atoms with E-state index in [4.69, 9.17) is 0 Å². The lowest BCUT2D eigenvalue weighted by Crippen LogP contribution is -2.35. The van der Waals surface area contributed by atoms with Crippen molar-refractivity contribution in [2.75, 3.05) is 13.2 Å². The Kier molecular flexibility index (Phi) is 5.04. The normalized spacial score (nSPS) is 33.1. The first-order valence-electron chi connectivity index (χ1n) is 7.73. The molecule has 0 aromatic rings. The molecule has 104 valence electrons. The molecule has 0 aromatic heterocycles. The van der Waals surface area contributed by atoms with Gasteiger partial charge < -0.3 is 4.90 Å². The monoisotopic (exact) mass is 252 g/mol. The van der Waals surface area contributed by atoms with Crippen LogP contribution in [-0.2, 0) is 4.79 Å². The SMILES string of the molecule is CCCCC1NCN(CC2CCC(C)CC2)C1=O. The van der Waals surface area contributed by atoms with Crippen LogP contribution in [0.5, 0.6) is 0 Å². The Morgan fingerprint density at radius 2 is 2.00 bits per heavy atom. The van der Waals surface area contributed by atoms with Crippen LogP contribution >= 0.6 is 0 Å². The van der Waals surface area contributed by atoms with Crippen LogP contribution in [0.25, 0.3) is 0 Å². The van der Waals surface area contributed by atoms with E-state index in [-0.39, 0.29) is 6.04 Å². The standard InChI is InChI=1S/C15H28N2O/c1-3-4-5-14-15(18)17(11-16-14)10-13-8-6-12(2)7-9-13/h12-14,16H,3-11H2,1-2H3. The lowest BCUT2D eigenvalue weighted by atomic mass is 9.83. The first-order valence-corrected chi connectivity index (χ1v) is 7.73. The van der Waals surface area contributed by atoms with E-state index in [0.29, 0.717) is 5.91 Å². The van der Waals surface area contributed by atoms with Gasteiger partial charge in [-0.15, -0.1) is 0 Å². The maximum atomic E-state index is 12.2. The Labute approximate surface area is 111 Å². The Morgan fingerprint density at radius 3 is 2.67 bits per heavy atom. The molecule has 1 N–H and O–H groups in total. The summed E-state index contributed by atoms with van der Waals surface area (Å²) in [6.45, 7) is 6.29. The van der Waals surface area contributed by atoms with Crippen molar-refractivity contribution in [1.29, 1.82) is 0 Å². The molecule has 1 unspecified atom stereocenters. The van der Waals surface area contributed by atoms with Crippen LogP contribution in [-0.4, -0.2) is 30.1 Å². The predicted octanol–water partition coefficient (Wildman–Crippen LogP) is 2.76. The van der Waals surface area contributed by atoms with Gasteiger partial charge in [0.05, 0.1) is 12.7 Å². The van der Waals surface area contributed by atoms with Crippen molar-refractivity contribution >= 4 is 5.91 Å². The summed E-state index contributed by atoms with van der Waals surface area (Å²) in [6, 6.07) is 0.104. The highest BCUT2D eigenvalue weighted by atomic mass is 16.2. The van der Waals surface area contributed by atoms with Crippen molar-refractivity contribution in [2.45, 2.75) is 64.8 Å². The number of nitrogens with zero attached hydrogens (tertiary/aromatic N) is 1. The van der Waals surface area contributed by atoms with Crippen LogP contribution < -0.4 is 5.32 Å².